The summed E-state index contributed by atoms with van der Waals surface area (Å²) < 4.78 is 5.25. The molecule has 0 aromatic carbocycles. The summed E-state index contributed by atoms with van der Waals surface area (Å²) in [4.78, 5) is 38.6. The Bertz CT molecular complexity index is 977. The third-order valence-corrected chi connectivity index (χ3v) is 4.93. The highest BCUT2D eigenvalue weighted by Crippen LogP contribution is 2.30. The van der Waals surface area contributed by atoms with Crippen LogP contribution in [0, 0.1) is 17.2 Å². The highest BCUT2D eigenvalue weighted by Gasteiger charge is 2.29. The molecule has 2 aromatic heterocycles. The Balaban J connectivity index is 1.44. The van der Waals surface area contributed by atoms with E-state index in [0.717, 1.165) is 12.8 Å². The number of nitriles is 1. The highest BCUT2D eigenvalue weighted by atomic mass is 16.5. The maximum atomic E-state index is 12.4. The molecular formula is C20H21N7O3. The number of carbonyl (C=O) groups is 2. The number of morpholine rings is 1. The fourth-order valence-electron chi connectivity index (χ4n) is 3.04. The summed E-state index contributed by atoms with van der Waals surface area (Å²) in [5.41, 5.74) is 1.82. The molecule has 0 unspecified atom stereocenters. The van der Waals surface area contributed by atoms with Gasteiger partial charge in [0.25, 0.3) is 0 Å². The molecule has 1 saturated carbocycles. The number of nitrogens with zero attached hydrogens (tertiary/aromatic N) is 5. The van der Waals surface area contributed by atoms with E-state index in [1.165, 1.54) is 18.6 Å². The minimum Gasteiger partial charge on any atom is -0.378 e. The molecule has 0 bridgehead atoms. The molecule has 2 N–H and O–H groups in total. The van der Waals surface area contributed by atoms with Gasteiger partial charge in [0, 0.05) is 30.8 Å². The molecule has 2 amide bonds. The van der Waals surface area contributed by atoms with Crippen molar-refractivity contribution in [1.29, 1.82) is 5.26 Å². The normalized spacial score (nSPS) is 15.9. The third kappa shape index (κ3) is 4.69. The van der Waals surface area contributed by atoms with Crippen LogP contribution < -0.4 is 10.6 Å². The first-order valence-corrected chi connectivity index (χ1v) is 9.77. The quantitative estimate of drug-likeness (QED) is 0.725. The van der Waals surface area contributed by atoms with Gasteiger partial charge in [-0.1, -0.05) is 0 Å². The molecular weight excluding hydrogens is 386 g/mol. The maximum Gasteiger partial charge on any atom is 0.242 e. The van der Waals surface area contributed by atoms with Crippen LogP contribution in [0.3, 0.4) is 0 Å². The van der Waals surface area contributed by atoms with Gasteiger partial charge in [-0.05, 0) is 18.9 Å². The lowest BCUT2D eigenvalue weighted by atomic mass is 10.1. The van der Waals surface area contributed by atoms with E-state index >= 15 is 0 Å². The fraction of sp³-hybridized carbons (Fsp3) is 0.400. The number of ether oxygens (including phenoxy) is 1. The molecule has 154 valence electrons. The van der Waals surface area contributed by atoms with Crippen LogP contribution in [0.5, 0.6) is 0 Å². The average molecular weight is 407 g/mol. The molecule has 1 aliphatic heterocycles. The Kier molecular flexibility index (Phi) is 5.81. The van der Waals surface area contributed by atoms with Crippen molar-refractivity contribution in [1.82, 2.24) is 19.9 Å². The molecule has 1 aliphatic carbocycles. The number of amides is 2. The molecule has 1 saturated heterocycles. The van der Waals surface area contributed by atoms with E-state index in [2.05, 4.69) is 25.6 Å². The Morgan fingerprint density at radius 2 is 1.97 bits per heavy atom. The fourth-order valence-corrected chi connectivity index (χ4v) is 3.04. The molecule has 0 spiro atoms. The summed E-state index contributed by atoms with van der Waals surface area (Å²) in [5.74, 6) is 0.381. The Hall–Kier alpha value is -3.58. The summed E-state index contributed by atoms with van der Waals surface area (Å²) in [5, 5.41) is 15.1. The summed E-state index contributed by atoms with van der Waals surface area (Å²) in [6, 6.07) is 3.74. The molecule has 30 heavy (non-hydrogen) atoms. The Morgan fingerprint density at radius 3 is 2.63 bits per heavy atom. The van der Waals surface area contributed by atoms with E-state index in [-0.39, 0.29) is 30.0 Å². The maximum absolute atomic E-state index is 12.4. The predicted molar refractivity (Wildman–Crippen MR) is 107 cm³/mol. The van der Waals surface area contributed by atoms with Gasteiger partial charge in [0.05, 0.1) is 43.5 Å². The first-order chi connectivity index (χ1) is 14.6. The van der Waals surface area contributed by atoms with Gasteiger partial charge in [0.2, 0.25) is 11.8 Å². The van der Waals surface area contributed by atoms with Gasteiger partial charge in [-0.2, -0.15) is 5.26 Å². The number of hydrogen-bond acceptors (Lipinski definition) is 8. The van der Waals surface area contributed by atoms with Crippen LogP contribution in [0.25, 0.3) is 11.3 Å². The minimum atomic E-state index is -0.0665. The second-order valence-corrected chi connectivity index (χ2v) is 7.13. The molecule has 4 rings (SSSR count). The van der Waals surface area contributed by atoms with Crippen LogP contribution in [-0.2, 0) is 14.3 Å². The summed E-state index contributed by atoms with van der Waals surface area (Å²) >= 11 is 0. The van der Waals surface area contributed by atoms with Crippen molar-refractivity contribution in [2.45, 2.75) is 12.8 Å². The number of aromatic nitrogens is 3. The molecule has 2 fully saturated rings. The second-order valence-electron chi connectivity index (χ2n) is 7.13. The van der Waals surface area contributed by atoms with Gasteiger partial charge in [-0.25, -0.2) is 9.97 Å². The number of hydrogen-bond donors (Lipinski definition) is 2. The predicted octanol–water partition coefficient (Wildman–Crippen LogP) is 1.03. The first-order valence-electron chi connectivity index (χ1n) is 9.77. The van der Waals surface area contributed by atoms with Gasteiger partial charge in [0.15, 0.2) is 11.5 Å². The van der Waals surface area contributed by atoms with E-state index in [4.69, 9.17) is 4.74 Å². The smallest absolute Gasteiger partial charge is 0.242 e. The molecule has 10 heteroatoms. The molecule has 2 aliphatic rings. The van der Waals surface area contributed by atoms with Crippen molar-refractivity contribution in [3.05, 3.63) is 30.4 Å². The largest absolute Gasteiger partial charge is 0.378 e. The minimum absolute atomic E-state index is 0.0338. The molecule has 0 radical (unpaired) electrons. The topological polar surface area (TPSA) is 133 Å². The summed E-state index contributed by atoms with van der Waals surface area (Å²) in [7, 11) is 0. The first kappa shape index (κ1) is 19.7. The lowest BCUT2D eigenvalue weighted by molar-refractivity contribution is -0.133. The van der Waals surface area contributed by atoms with Crippen LogP contribution in [0.2, 0.25) is 0 Å². The van der Waals surface area contributed by atoms with Gasteiger partial charge >= 0.3 is 0 Å². The number of rotatable bonds is 6. The molecule has 2 aromatic rings. The van der Waals surface area contributed by atoms with Gasteiger partial charge in [0.1, 0.15) is 6.07 Å². The number of nitrogens with one attached hydrogen (secondary N) is 2. The zero-order valence-corrected chi connectivity index (χ0v) is 16.3. The lowest BCUT2D eigenvalue weighted by Gasteiger charge is -2.27. The van der Waals surface area contributed by atoms with E-state index < -0.39 is 0 Å². The number of pyridine rings is 1. The lowest BCUT2D eigenvalue weighted by Crippen LogP contribution is -2.43. The van der Waals surface area contributed by atoms with Crippen LogP contribution in [0.1, 0.15) is 18.5 Å². The SMILES string of the molecule is N#Cc1ncc(-c2cnc(NC(=O)C3CC3)cn2)cc1NCC(=O)N1CCOCC1. The molecule has 3 heterocycles. The summed E-state index contributed by atoms with van der Waals surface area (Å²) in [6.07, 6.45) is 6.38. The number of anilines is 2. The second kappa shape index (κ2) is 8.84. The monoisotopic (exact) mass is 407 g/mol. The van der Waals surface area contributed by atoms with E-state index in [1.807, 2.05) is 6.07 Å². The van der Waals surface area contributed by atoms with E-state index in [1.54, 1.807) is 11.0 Å². The Labute approximate surface area is 173 Å². The van der Waals surface area contributed by atoms with E-state index in [9.17, 15) is 14.9 Å². The van der Waals surface area contributed by atoms with Gasteiger partial charge < -0.3 is 20.3 Å². The van der Waals surface area contributed by atoms with E-state index in [0.29, 0.717) is 49.1 Å². The van der Waals surface area contributed by atoms with Crippen molar-refractivity contribution < 1.29 is 14.3 Å². The van der Waals surface area contributed by atoms with Crippen molar-refractivity contribution >= 4 is 23.3 Å². The van der Waals surface area contributed by atoms with Crippen LogP contribution in [-0.4, -0.2) is 64.5 Å². The molecule has 0 atom stereocenters. The number of carbonyl (C=O) groups excluding carboxylic acids is 2. The zero-order chi connectivity index (χ0) is 20.9. The van der Waals surface area contributed by atoms with Crippen molar-refractivity contribution in [2.75, 3.05) is 43.5 Å². The average Bonchev–Trinajstić information content (AvgIpc) is 3.64. The Morgan fingerprint density at radius 1 is 1.17 bits per heavy atom. The van der Waals surface area contributed by atoms with Crippen molar-refractivity contribution in [2.24, 2.45) is 5.92 Å². The van der Waals surface area contributed by atoms with Crippen molar-refractivity contribution in [3.63, 3.8) is 0 Å². The van der Waals surface area contributed by atoms with Crippen LogP contribution in [0.4, 0.5) is 11.5 Å². The van der Waals surface area contributed by atoms with Crippen LogP contribution in [0.15, 0.2) is 24.7 Å². The van der Waals surface area contributed by atoms with Gasteiger partial charge in [-0.15, -0.1) is 0 Å². The van der Waals surface area contributed by atoms with Gasteiger partial charge in [-0.3, -0.25) is 14.6 Å². The third-order valence-electron chi connectivity index (χ3n) is 4.93. The standard InChI is InChI=1S/C20H21N7O3/c21-8-16-15(24-12-19(28)27-3-5-30-6-4-27)7-14(9-22-16)17-10-25-18(11-23-17)26-20(29)13-1-2-13/h7,9-11,13,24H,1-6,12H2,(H,25,26,29). The van der Waals surface area contributed by atoms with Crippen LogP contribution >= 0.6 is 0 Å². The highest BCUT2D eigenvalue weighted by molar-refractivity contribution is 5.93. The van der Waals surface area contributed by atoms with Crippen molar-refractivity contribution in [3.8, 4) is 17.3 Å². The summed E-state index contributed by atoms with van der Waals surface area (Å²) in [6.45, 7) is 2.23. The zero-order valence-electron chi connectivity index (χ0n) is 16.3. The molecule has 10 nitrogen and oxygen atoms in total.